The van der Waals surface area contributed by atoms with Gasteiger partial charge in [-0.3, -0.25) is 9.48 Å². The monoisotopic (exact) mass is 342 g/mol. The number of rotatable bonds is 4. The molecule has 1 aromatic heterocycles. The summed E-state index contributed by atoms with van der Waals surface area (Å²) in [4.78, 5) is 13.1. The SMILES string of the molecule is COC1(C(=O)c2c(Br)cnn2C(C)C)CCCCCC1. The predicted octanol–water partition coefficient (Wildman–Crippen LogP) is 4.15. The number of Topliss-reactive ketones (excluding diaryl/α,β-unsaturated/α-hetero) is 1. The van der Waals surface area contributed by atoms with Crippen LogP contribution in [0.15, 0.2) is 10.7 Å². The molecule has 1 aliphatic rings. The highest BCUT2D eigenvalue weighted by molar-refractivity contribution is 9.10. The molecule has 5 heteroatoms. The van der Waals surface area contributed by atoms with Gasteiger partial charge in [-0.2, -0.15) is 5.10 Å². The highest BCUT2D eigenvalue weighted by atomic mass is 79.9. The average Bonchev–Trinajstić information content (AvgIpc) is 2.66. The van der Waals surface area contributed by atoms with Gasteiger partial charge in [0.15, 0.2) is 0 Å². The van der Waals surface area contributed by atoms with E-state index in [4.69, 9.17) is 4.74 Å². The number of methoxy groups -OCH3 is 1. The molecule has 1 heterocycles. The van der Waals surface area contributed by atoms with Crippen molar-refractivity contribution in [2.75, 3.05) is 7.11 Å². The van der Waals surface area contributed by atoms with E-state index in [2.05, 4.69) is 21.0 Å². The number of carbonyl (C=O) groups excluding carboxylic acids is 1. The lowest BCUT2D eigenvalue weighted by Gasteiger charge is -2.30. The van der Waals surface area contributed by atoms with E-state index in [9.17, 15) is 4.79 Å². The van der Waals surface area contributed by atoms with E-state index in [1.54, 1.807) is 18.0 Å². The fraction of sp³-hybridized carbons (Fsp3) is 0.733. The maximum absolute atomic E-state index is 13.1. The van der Waals surface area contributed by atoms with E-state index in [-0.39, 0.29) is 11.8 Å². The number of nitrogens with zero attached hydrogens (tertiary/aromatic N) is 2. The molecule has 0 spiro atoms. The van der Waals surface area contributed by atoms with Crippen LogP contribution in [0.5, 0.6) is 0 Å². The molecular weight excluding hydrogens is 320 g/mol. The van der Waals surface area contributed by atoms with E-state index < -0.39 is 5.60 Å². The second kappa shape index (κ2) is 6.39. The maximum Gasteiger partial charge on any atom is 0.213 e. The van der Waals surface area contributed by atoms with Crippen LogP contribution in [0.2, 0.25) is 0 Å². The zero-order valence-corrected chi connectivity index (χ0v) is 14.1. The van der Waals surface area contributed by atoms with Crippen LogP contribution in [-0.2, 0) is 4.74 Å². The molecule has 0 bridgehead atoms. The van der Waals surface area contributed by atoms with Crippen molar-refractivity contribution in [3.63, 3.8) is 0 Å². The molecule has 20 heavy (non-hydrogen) atoms. The van der Waals surface area contributed by atoms with Crippen molar-refractivity contribution >= 4 is 21.7 Å². The molecule has 1 fully saturated rings. The summed E-state index contributed by atoms with van der Waals surface area (Å²) < 4.78 is 8.27. The van der Waals surface area contributed by atoms with E-state index in [0.717, 1.165) is 30.2 Å². The topological polar surface area (TPSA) is 44.1 Å². The highest BCUT2D eigenvalue weighted by Gasteiger charge is 2.41. The van der Waals surface area contributed by atoms with Gasteiger partial charge in [-0.25, -0.2) is 0 Å². The lowest BCUT2D eigenvalue weighted by Crippen LogP contribution is -2.41. The highest BCUT2D eigenvalue weighted by Crippen LogP contribution is 2.35. The summed E-state index contributed by atoms with van der Waals surface area (Å²) in [6.07, 6.45) is 7.77. The van der Waals surface area contributed by atoms with Gasteiger partial charge in [0.25, 0.3) is 0 Å². The lowest BCUT2D eigenvalue weighted by atomic mass is 9.87. The summed E-state index contributed by atoms with van der Waals surface area (Å²) in [6.45, 7) is 4.06. The Labute approximate surface area is 129 Å². The third kappa shape index (κ3) is 2.84. The van der Waals surface area contributed by atoms with E-state index >= 15 is 0 Å². The van der Waals surface area contributed by atoms with Crippen molar-refractivity contribution in [3.05, 3.63) is 16.4 Å². The fourth-order valence-corrected chi connectivity index (χ4v) is 3.44. The minimum absolute atomic E-state index is 0.0694. The number of ketones is 1. The molecule has 1 saturated carbocycles. The summed E-state index contributed by atoms with van der Waals surface area (Å²) in [7, 11) is 1.66. The zero-order chi connectivity index (χ0) is 14.8. The third-order valence-electron chi connectivity index (χ3n) is 4.17. The van der Waals surface area contributed by atoms with Crippen LogP contribution >= 0.6 is 15.9 Å². The molecule has 0 atom stereocenters. The first-order valence-corrected chi connectivity index (χ1v) is 8.14. The van der Waals surface area contributed by atoms with Gasteiger partial charge in [-0.05, 0) is 42.6 Å². The minimum Gasteiger partial charge on any atom is -0.370 e. The molecule has 0 amide bonds. The summed E-state index contributed by atoms with van der Waals surface area (Å²) in [6, 6.07) is 0.153. The first-order chi connectivity index (χ1) is 9.52. The molecule has 4 nitrogen and oxygen atoms in total. The first kappa shape index (κ1) is 15.7. The Morgan fingerprint density at radius 2 is 1.95 bits per heavy atom. The number of halogens is 1. The van der Waals surface area contributed by atoms with Crippen molar-refractivity contribution < 1.29 is 9.53 Å². The van der Waals surface area contributed by atoms with Crippen molar-refractivity contribution in [2.24, 2.45) is 0 Å². The molecule has 0 aliphatic heterocycles. The smallest absolute Gasteiger partial charge is 0.213 e. The summed E-state index contributed by atoms with van der Waals surface area (Å²) >= 11 is 3.47. The van der Waals surface area contributed by atoms with E-state index in [1.165, 1.54) is 12.8 Å². The first-order valence-electron chi connectivity index (χ1n) is 7.35. The Kier molecular flexibility index (Phi) is 5.02. The number of hydrogen-bond donors (Lipinski definition) is 0. The Morgan fingerprint density at radius 3 is 2.45 bits per heavy atom. The zero-order valence-electron chi connectivity index (χ0n) is 12.5. The summed E-state index contributed by atoms with van der Waals surface area (Å²) in [5, 5.41) is 4.31. The molecule has 0 unspecified atom stereocenters. The predicted molar refractivity (Wildman–Crippen MR) is 82.1 cm³/mol. The number of carbonyl (C=O) groups is 1. The second-order valence-electron chi connectivity index (χ2n) is 5.82. The Balaban J connectivity index is 2.40. The molecule has 1 aliphatic carbocycles. The van der Waals surface area contributed by atoms with Crippen molar-refractivity contribution in [1.82, 2.24) is 9.78 Å². The molecule has 0 saturated heterocycles. The average molecular weight is 343 g/mol. The largest absolute Gasteiger partial charge is 0.370 e. The van der Waals surface area contributed by atoms with Crippen LogP contribution in [0.4, 0.5) is 0 Å². The second-order valence-corrected chi connectivity index (χ2v) is 6.68. The van der Waals surface area contributed by atoms with Crippen LogP contribution in [-0.4, -0.2) is 28.3 Å². The summed E-state index contributed by atoms with van der Waals surface area (Å²) in [5.74, 6) is 0.0694. The van der Waals surface area contributed by atoms with Crippen LogP contribution in [0.25, 0.3) is 0 Å². The lowest BCUT2D eigenvalue weighted by molar-refractivity contribution is -0.00789. The van der Waals surface area contributed by atoms with Gasteiger partial charge in [-0.15, -0.1) is 0 Å². The van der Waals surface area contributed by atoms with Gasteiger partial charge in [0, 0.05) is 13.2 Å². The normalized spacial score (nSPS) is 19.1. The summed E-state index contributed by atoms with van der Waals surface area (Å²) in [5.41, 5.74) is -0.0325. The molecule has 2 rings (SSSR count). The third-order valence-corrected chi connectivity index (χ3v) is 4.75. The standard InChI is InChI=1S/C15H23BrN2O2/c1-11(2)18-13(12(16)10-17-18)14(19)15(20-3)8-6-4-5-7-9-15/h10-11H,4-9H2,1-3H3. The van der Waals surface area contributed by atoms with Crippen molar-refractivity contribution in [3.8, 4) is 0 Å². The van der Waals surface area contributed by atoms with Crippen LogP contribution in [0.1, 0.15) is 68.9 Å². The van der Waals surface area contributed by atoms with Gasteiger partial charge in [-0.1, -0.05) is 25.7 Å². The van der Waals surface area contributed by atoms with E-state index in [0.29, 0.717) is 5.69 Å². The van der Waals surface area contributed by atoms with Gasteiger partial charge < -0.3 is 4.74 Å². The molecule has 0 aromatic carbocycles. The quantitative estimate of drug-likeness (QED) is 0.609. The minimum atomic E-state index is -0.675. The number of aromatic nitrogens is 2. The molecular formula is C15H23BrN2O2. The van der Waals surface area contributed by atoms with Gasteiger partial charge in [0.05, 0.1) is 10.7 Å². The number of hydrogen-bond acceptors (Lipinski definition) is 3. The van der Waals surface area contributed by atoms with Crippen LogP contribution < -0.4 is 0 Å². The molecule has 0 radical (unpaired) electrons. The Bertz CT molecular complexity index is 474. The van der Waals surface area contributed by atoms with Crippen molar-refractivity contribution in [1.29, 1.82) is 0 Å². The van der Waals surface area contributed by atoms with Crippen molar-refractivity contribution in [2.45, 2.75) is 64.0 Å². The Morgan fingerprint density at radius 1 is 1.35 bits per heavy atom. The van der Waals surface area contributed by atoms with Crippen LogP contribution in [0.3, 0.4) is 0 Å². The van der Waals surface area contributed by atoms with Gasteiger partial charge >= 0.3 is 0 Å². The maximum atomic E-state index is 13.1. The van der Waals surface area contributed by atoms with E-state index in [1.807, 2.05) is 13.8 Å². The fourth-order valence-electron chi connectivity index (χ4n) is 2.98. The van der Waals surface area contributed by atoms with Crippen LogP contribution in [0, 0.1) is 0 Å². The molecule has 0 N–H and O–H groups in total. The molecule has 112 valence electrons. The van der Waals surface area contributed by atoms with Gasteiger partial charge in [0.2, 0.25) is 5.78 Å². The Hall–Kier alpha value is -0.680. The number of ether oxygens (including phenoxy) is 1. The van der Waals surface area contributed by atoms with Gasteiger partial charge in [0.1, 0.15) is 11.3 Å². The molecule has 1 aromatic rings.